The van der Waals surface area contributed by atoms with Gasteiger partial charge in [0, 0.05) is 35.6 Å². The maximum atomic E-state index is 12.8. The minimum atomic E-state index is -0.215. The molecule has 36 heavy (non-hydrogen) atoms. The number of carbonyl (C=O) groups excluding carboxylic acids is 1. The Kier molecular flexibility index (Phi) is 6.80. The number of ether oxygens (including phenoxy) is 1. The fourth-order valence-electron chi connectivity index (χ4n) is 4.26. The predicted molar refractivity (Wildman–Crippen MR) is 148 cm³/mol. The summed E-state index contributed by atoms with van der Waals surface area (Å²) < 4.78 is 6.58. The Morgan fingerprint density at radius 1 is 1.00 bits per heavy atom. The van der Waals surface area contributed by atoms with Crippen LogP contribution in [0.4, 0.5) is 16.5 Å². The molecule has 1 aromatic heterocycles. The number of allylic oxidation sites excluding steroid dienone is 2. The first-order chi connectivity index (χ1) is 17.4. The Bertz CT molecular complexity index is 1400. The van der Waals surface area contributed by atoms with Gasteiger partial charge in [-0.3, -0.25) is 4.79 Å². The van der Waals surface area contributed by atoms with Gasteiger partial charge in [0.1, 0.15) is 11.5 Å². The van der Waals surface area contributed by atoms with Gasteiger partial charge in [-0.05, 0) is 48.0 Å². The van der Waals surface area contributed by atoms with Gasteiger partial charge in [-0.15, -0.1) is 10.2 Å². The van der Waals surface area contributed by atoms with Crippen molar-refractivity contribution in [3.63, 3.8) is 0 Å². The van der Waals surface area contributed by atoms with E-state index in [-0.39, 0.29) is 11.2 Å². The lowest BCUT2D eigenvalue weighted by atomic mass is 9.83. The summed E-state index contributed by atoms with van der Waals surface area (Å²) in [6, 6.07) is 25.6. The second-order valence-corrected chi connectivity index (χ2v) is 11.1. The van der Waals surface area contributed by atoms with Crippen LogP contribution < -0.4 is 15.0 Å². The average molecular weight is 515 g/mol. The summed E-state index contributed by atoms with van der Waals surface area (Å²) in [7, 11) is 2.02. The van der Waals surface area contributed by atoms with E-state index in [4.69, 9.17) is 4.74 Å². The van der Waals surface area contributed by atoms with E-state index in [2.05, 4.69) is 46.4 Å². The molecule has 8 heteroatoms. The maximum absolute atomic E-state index is 12.8. The van der Waals surface area contributed by atoms with Gasteiger partial charge in [-0.2, -0.15) is 0 Å². The van der Waals surface area contributed by atoms with Gasteiger partial charge in [-0.25, -0.2) is 0 Å². The standard InChI is InChI=1S/C28H26N4O2S2/c1-28(2)23-11-7-8-12-24(23)32(3)25(28)17-20(33)18-35-27-31-30-26(36-27)29-19-13-15-22(16-14-19)34-21-9-5-4-6-10-21/h4-17H,18H2,1-3H3,(H,29,30). The van der Waals surface area contributed by atoms with Gasteiger partial charge in [0.05, 0.1) is 5.75 Å². The molecule has 5 rings (SSSR count). The molecule has 0 fully saturated rings. The monoisotopic (exact) mass is 514 g/mol. The number of thioether (sulfide) groups is 1. The van der Waals surface area contributed by atoms with E-state index in [0.29, 0.717) is 10.9 Å². The Morgan fingerprint density at radius 3 is 2.44 bits per heavy atom. The van der Waals surface area contributed by atoms with E-state index < -0.39 is 0 Å². The number of anilines is 3. The number of likely N-dealkylation sites (N-methyl/N-ethyl adjacent to an activating group) is 1. The number of aromatic nitrogens is 2. The van der Waals surface area contributed by atoms with Crippen molar-refractivity contribution in [2.45, 2.75) is 23.6 Å². The Hall–Kier alpha value is -3.62. The maximum Gasteiger partial charge on any atom is 0.210 e. The zero-order valence-corrected chi connectivity index (χ0v) is 21.9. The molecule has 1 aliphatic rings. The van der Waals surface area contributed by atoms with Crippen LogP contribution in [0.15, 0.2) is 95.0 Å². The quantitative estimate of drug-likeness (QED) is 0.200. The molecule has 4 aromatic rings. The largest absolute Gasteiger partial charge is 0.457 e. The fourth-order valence-corrected chi connectivity index (χ4v) is 5.85. The van der Waals surface area contributed by atoms with Crippen LogP contribution in [0.5, 0.6) is 11.5 Å². The summed E-state index contributed by atoms with van der Waals surface area (Å²) in [5.41, 5.74) is 4.06. The summed E-state index contributed by atoms with van der Waals surface area (Å²) >= 11 is 2.83. The summed E-state index contributed by atoms with van der Waals surface area (Å²) in [4.78, 5) is 14.9. The first-order valence-electron chi connectivity index (χ1n) is 11.5. The van der Waals surface area contributed by atoms with Crippen LogP contribution in [0, 0.1) is 0 Å². The third kappa shape index (κ3) is 5.15. The Balaban J connectivity index is 1.17. The number of ketones is 1. The summed E-state index contributed by atoms with van der Waals surface area (Å²) in [5, 5.41) is 12.4. The van der Waals surface area contributed by atoms with E-state index in [9.17, 15) is 4.79 Å². The number of para-hydroxylation sites is 2. The molecule has 0 atom stereocenters. The predicted octanol–water partition coefficient (Wildman–Crippen LogP) is 7.05. The van der Waals surface area contributed by atoms with Crippen LogP contribution in [0.3, 0.4) is 0 Å². The highest BCUT2D eigenvalue weighted by Gasteiger charge is 2.38. The van der Waals surface area contributed by atoms with E-state index in [1.807, 2.05) is 73.8 Å². The molecule has 0 unspecified atom stereocenters. The van der Waals surface area contributed by atoms with Gasteiger partial charge < -0.3 is 15.0 Å². The van der Waals surface area contributed by atoms with E-state index in [1.165, 1.54) is 28.7 Å². The summed E-state index contributed by atoms with van der Waals surface area (Å²) in [6.45, 7) is 4.31. The smallest absolute Gasteiger partial charge is 0.210 e. The lowest BCUT2D eigenvalue weighted by molar-refractivity contribution is -0.112. The zero-order valence-electron chi connectivity index (χ0n) is 20.3. The van der Waals surface area contributed by atoms with Gasteiger partial charge >= 0.3 is 0 Å². The van der Waals surface area contributed by atoms with Gasteiger partial charge in [0.15, 0.2) is 10.1 Å². The van der Waals surface area contributed by atoms with E-state index >= 15 is 0 Å². The lowest BCUT2D eigenvalue weighted by Gasteiger charge is -2.23. The molecule has 0 spiro atoms. The van der Waals surface area contributed by atoms with Crippen molar-refractivity contribution >= 4 is 45.4 Å². The molecule has 0 saturated carbocycles. The molecule has 182 valence electrons. The molecule has 6 nitrogen and oxygen atoms in total. The SMILES string of the molecule is CN1C(=CC(=O)CSc2nnc(Nc3ccc(Oc4ccccc4)cc3)s2)C(C)(C)c2ccccc21. The van der Waals surface area contributed by atoms with Crippen molar-refractivity contribution in [1.82, 2.24) is 10.2 Å². The minimum absolute atomic E-state index is 0.0569. The van der Waals surface area contributed by atoms with Crippen molar-refractivity contribution in [3.8, 4) is 11.5 Å². The highest BCUT2D eigenvalue weighted by Crippen LogP contribution is 2.46. The number of nitrogens with one attached hydrogen (secondary N) is 1. The van der Waals surface area contributed by atoms with Crippen LogP contribution in [0.25, 0.3) is 0 Å². The number of nitrogens with zero attached hydrogens (tertiary/aromatic N) is 3. The number of hydrogen-bond acceptors (Lipinski definition) is 8. The van der Waals surface area contributed by atoms with Crippen molar-refractivity contribution in [2.75, 3.05) is 23.0 Å². The second-order valence-electron chi connectivity index (χ2n) is 8.92. The number of fused-ring (bicyclic) bond motifs is 1. The molecule has 0 saturated heterocycles. The van der Waals surface area contributed by atoms with Crippen molar-refractivity contribution < 1.29 is 9.53 Å². The van der Waals surface area contributed by atoms with Gasteiger partial charge in [-0.1, -0.05) is 73.3 Å². The number of benzene rings is 3. The van der Waals surface area contributed by atoms with Crippen molar-refractivity contribution in [1.29, 1.82) is 0 Å². The van der Waals surface area contributed by atoms with Crippen LogP contribution >= 0.6 is 23.1 Å². The number of hydrogen-bond donors (Lipinski definition) is 1. The van der Waals surface area contributed by atoms with E-state index in [0.717, 1.165) is 32.9 Å². The zero-order chi connectivity index (χ0) is 25.1. The highest BCUT2D eigenvalue weighted by molar-refractivity contribution is 8.01. The average Bonchev–Trinajstić information content (AvgIpc) is 3.41. The first kappa shape index (κ1) is 24.1. The Labute approximate surface area is 219 Å². The number of carbonyl (C=O) groups is 1. The molecular formula is C28H26N4O2S2. The second kappa shape index (κ2) is 10.2. The molecule has 3 aromatic carbocycles. The molecule has 0 bridgehead atoms. The van der Waals surface area contributed by atoms with Crippen molar-refractivity contribution in [3.05, 3.63) is 96.2 Å². The third-order valence-corrected chi connectivity index (χ3v) is 8.06. The van der Waals surface area contributed by atoms with Crippen LogP contribution in [0.2, 0.25) is 0 Å². The molecule has 1 N–H and O–H groups in total. The molecule has 0 aliphatic carbocycles. The van der Waals surface area contributed by atoms with Gasteiger partial charge in [0.25, 0.3) is 0 Å². The summed E-state index contributed by atoms with van der Waals surface area (Å²) in [6.07, 6.45) is 1.77. The fraction of sp³-hybridized carbons (Fsp3) is 0.179. The molecule has 0 radical (unpaired) electrons. The minimum Gasteiger partial charge on any atom is -0.457 e. The Morgan fingerprint density at radius 2 is 1.69 bits per heavy atom. The summed E-state index contributed by atoms with van der Waals surface area (Å²) in [5.74, 6) is 1.92. The van der Waals surface area contributed by atoms with Crippen LogP contribution in [0.1, 0.15) is 19.4 Å². The topological polar surface area (TPSA) is 67.4 Å². The normalized spacial score (nSPS) is 15.1. The third-order valence-electron chi connectivity index (χ3n) is 6.07. The molecule has 2 heterocycles. The molecular weight excluding hydrogens is 488 g/mol. The lowest BCUT2D eigenvalue weighted by Crippen LogP contribution is -2.24. The van der Waals surface area contributed by atoms with Gasteiger partial charge in [0.2, 0.25) is 5.13 Å². The number of rotatable bonds is 8. The van der Waals surface area contributed by atoms with E-state index in [1.54, 1.807) is 6.08 Å². The first-order valence-corrected chi connectivity index (χ1v) is 13.3. The van der Waals surface area contributed by atoms with Crippen molar-refractivity contribution in [2.24, 2.45) is 0 Å². The highest BCUT2D eigenvalue weighted by atomic mass is 32.2. The molecule has 1 aliphatic heterocycles. The van der Waals surface area contributed by atoms with Crippen LogP contribution in [-0.2, 0) is 10.2 Å². The van der Waals surface area contributed by atoms with Crippen LogP contribution in [-0.4, -0.2) is 28.8 Å². The molecule has 0 amide bonds.